The van der Waals surface area contributed by atoms with E-state index in [9.17, 15) is 9.18 Å². The Labute approximate surface area is 122 Å². The smallest absolute Gasteiger partial charge is 0.167 e. The molecule has 0 spiro atoms. The van der Waals surface area contributed by atoms with Gasteiger partial charge < -0.3 is 4.57 Å². The van der Waals surface area contributed by atoms with E-state index in [2.05, 4.69) is 4.98 Å². The van der Waals surface area contributed by atoms with Gasteiger partial charge in [-0.15, -0.1) is 0 Å². The molecule has 3 nitrogen and oxygen atoms in total. The van der Waals surface area contributed by atoms with E-state index in [1.807, 2.05) is 30.5 Å². The van der Waals surface area contributed by atoms with Crippen molar-refractivity contribution in [2.24, 2.45) is 0 Å². The number of hydrogen-bond donors (Lipinski definition) is 0. The average Bonchev–Trinajstić information content (AvgIpc) is 2.82. The van der Waals surface area contributed by atoms with E-state index in [4.69, 9.17) is 0 Å². The molecule has 0 unspecified atom stereocenters. The van der Waals surface area contributed by atoms with Crippen molar-refractivity contribution >= 4 is 17.3 Å². The second-order valence-corrected chi connectivity index (χ2v) is 5.22. The minimum absolute atomic E-state index is 0.108. The number of carbonyl (C=O) groups excluding carboxylic acids is 1. The molecule has 2 heterocycles. The van der Waals surface area contributed by atoms with Crippen LogP contribution in [0.4, 0.5) is 4.39 Å². The lowest BCUT2D eigenvalue weighted by Gasteiger charge is -2.11. The molecular formula is C17H15FN2O. The van der Waals surface area contributed by atoms with E-state index >= 15 is 0 Å². The molecular weight excluding hydrogens is 267 g/mol. The third kappa shape index (κ3) is 2.13. The first-order valence-electron chi connectivity index (χ1n) is 6.83. The molecule has 3 rings (SSSR count). The number of benzene rings is 1. The molecule has 21 heavy (non-hydrogen) atoms. The molecule has 4 heteroatoms. The van der Waals surface area contributed by atoms with Gasteiger partial charge in [-0.2, -0.15) is 0 Å². The van der Waals surface area contributed by atoms with Gasteiger partial charge in [-0.3, -0.25) is 4.79 Å². The largest absolute Gasteiger partial charge is 0.320 e. The summed E-state index contributed by atoms with van der Waals surface area (Å²) in [5.74, 6) is -0.294. The van der Waals surface area contributed by atoms with E-state index in [1.165, 1.54) is 12.1 Å². The van der Waals surface area contributed by atoms with Gasteiger partial charge in [0.05, 0.1) is 5.69 Å². The SMILES string of the molecule is CC(C)n1c(C=O)c(-c2ccc(F)cc2)c2cccnc21. The van der Waals surface area contributed by atoms with E-state index < -0.39 is 0 Å². The standard InChI is InChI=1S/C17H15FN2O/c1-11(2)20-15(10-21)16(12-5-7-13(18)8-6-12)14-4-3-9-19-17(14)20/h3-11H,1-2H3. The summed E-state index contributed by atoms with van der Waals surface area (Å²) in [6, 6.07) is 10.1. The second-order valence-electron chi connectivity index (χ2n) is 5.22. The van der Waals surface area contributed by atoms with Gasteiger partial charge in [0.25, 0.3) is 0 Å². The molecule has 2 aromatic heterocycles. The van der Waals surface area contributed by atoms with Gasteiger partial charge in [0, 0.05) is 23.2 Å². The van der Waals surface area contributed by atoms with Gasteiger partial charge in [0.15, 0.2) is 6.29 Å². The van der Waals surface area contributed by atoms with E-state index in [0.29, 0.717) is 5.69 Å². The molecule has 0 N–H and O–H groups in total. The predicted octanol–water partition coefficient (Wildman–Crippen LogP) is 4.24. The van der Waals surface area contributed by atoms with Crippen molar-refractivity contribution in [1.82, 2.24) is 9.55 Å². The first-order valence-corrected chi connectivity index (χ1v) is 6.83. The summed E-state index contributed by atoms with van der Waals surface area (Å²) in [6.07, 6.45) is 2.56. The van der Waals surface area contributed by atoms with Gasteiger partial charge >= 0.3 is 0 Å². The molecule has 0 radical (unpaired) electrons. The summed E-state index contributed by atoms with van der Waals surface area (Å²) in [6.45, 7) is 4.02. The average molecular weight is 282 g/mol. The Hall–Kier alpha value is -2.49. The number of nitrogens with zero attached hydrogens (tertiary/aromatic N) is 2. The molecule has 0 saturated carbocycles. The lowest BCUT2D eigenvalue weighted by atomic mass is 10.0. The van der Waals surface area contributed by atoms with Gasteiger partial charge in [0.2, 0.25) is 0 Å². The Morgan fingerprint density at radius 1 is 1.19 bits per heavy atom. The second kappa shape index (κ2) is 5.13. The maximum atomic E-state index is 13.1. The molecule has 0 fully saturated rings. The maximum Gasteiger partial charge on any atom is 0.167 e. The van der Waals surface area contributed by atoms with Crippen molar-refractivity contribution in [3.8, 4) is 11.1 Å². The van der Waals surface area contributed by atoms with Crippen LogP contribution in [0.5, 0.6) is 0 Å². The Bertz CT molecular complexity index is 804. The lowest BCUT2D eigenvalue weighted by molar-refractivity contribution is 0.111. The van der Waals surface area contributed by atoms with Crippen molar-refractivity contribution in [3.63, 3.8) is 0 Å². The lowest BCUT2D eigenvalue weighted by Crippen LogP contribution is -2.06. The predicted molar refractivity (Wildman–Crippen MR) is 80.9 cm³/mol. The minimum atomic E-state index is -0.294. The number of fused-ring (bicyclic) bond motifs is 1. The van der Waals surface area contributed by atoms with Gasteiger partial charge in [0.1, 0.15) is 11.5 Å². The first-order chi connectivity index (χ1) is 10.1. The van der Waals surface area contributed by atoms with Crippen molar-refractivity contribution in [2.75, 3.05) is 0 Å². The number of aromatic nitrogens is 2. The molecule has 1 aromatic carbocycles. The zero-order chi connectivity index (χ0) is 15.0. The molecule has 0 aliphatic heterocycles. The van der Waals surface area contributed by atoms with Crippen LogP contribution >= 0.6 is 0 Å². The van der Waals surface area contributed by atoms with Crippen molar-refractivity contribution in [1.29, 1.82) is 0 Å². The van der Waals surface area contributed by atoms with Gasteiger partial charge in [-0.25, -0.2) is 9.37 Å². The zero-order valence-electron chi connectivity index (χ0n) is 11.9. The van der Waals surface area contributed by atoms with Crippen LogP contribution in [0.3, 0.4) is 0 Å². The summed E-state index contributed by atoms with van der Waals surface area (Å²) in [7, 11) is 0. The fourth-order valence-corrected chi connectivity index (χ4v) is 2.71. The minimum Gasteiger partial charge on any atom is -0.320 e. The van der Waals surface area contributed by atoms with Crippen molar-refractivity contribution in [3.05, 3.63) is 54.1 Å². The molecule has 0 saturated heterocycles. The van der Waals surface area contributed by atoms with E-state index in [1.54, 1.807) is 18.3 Å². The van der Waals surface area contributed by atoms with Crippen LogP contribution in [0.2, 0.25) is 0 Å². The molecule has 0 bridgehead atoms. The monoisotopic (exact) mass is 282 g/mol. The van der Waals surface area contributed by atoms with E-state index in [0.717, 1.165) is 28.4 Å². The molecule has 106 valence electrons. The Kier molecular flexibility index (Phi) is 3.29. The number of hydrogen-bond acceptors (Lipinski definition) is 2. The topological polar surface area (TPSA) is 34.9 Å². The van der Waals surface area contributed by atoms with Crippen molar-refractivity contribution in [2.45, 2.75) is 19.9 Å². The van der Waals surface area contributed by atoms with Crippen LogP contribution in [0.1, 0.15) is 30.4 Å². The molecule has 0 amide bonds. The number of carbonyl (C=O) groups is 1. The highest BCUT2D eigenvalue weighted by molar-refractivity contribution is 6.03. The molecule has 3 aromatic rings. The third-order valence-corrected chi connectivity index (χ3v) is 3.56. The highest BCUT2D eigenvalue weighted by atomic mass is 19.1. The summed E-state index contributed by atoms with van der Waals surface area (Å²) in [5.41, 5.74) is 2.97. The fraction of sp³-hybridized carbons (Fsp3) is 0.176. The number of rotatable bonds is 3. The molecule has 0 aliphatic carbocycles. The highest BCUT2D eigenvalue weighted by Crippen LogP contribution is 2.35. The first kappa shape index (κ1) is 13.5. The highest BCUT2D eigenvalue weighted by Gasteiger charge is 2.20. The summed E-state index contributed by atoms with van der Waals surface area (Å²) in [4.78, 5) is 16.0. The van der Waals surface area contributed by atoms with Crippen LogP contribution in [-0.2, 0) is 0 Å². The third-order valence-electron chi connectivity index (χ3n) is 3.56. The quantitative estimate of drug-likeness (QED) is 0.674. The number of aldehydes is 1. The maximum absolute atomic E-state index is 13.1. The molecule has 0 aliphatic rings. The Balaban J connectivity index is 2.41. The summed E-state index contributed by atoms with van der Waals surface area (Å²) in [5, 5.41) is 0.903. The Morgan fingerprint density at radius 3 is 2.52 bits per heavy atom. The van der Waals surface area contributed by atoms with Crippen LogP contribution in [-0.4, -0.2) is 15.8 Å². The van der Waals surface area contributed by atoms with Crippen LogP contribution in [0.15, 0.2) is 42.6 Å². The van der Waals surface area contributed by atoms with Gasteiger partial charge in [-0.05, 0) is 43.7 Å². The van der Waals surface area contributed by atoms with Gasteiger partial charge in [-0.1, -0.05) is 12.1 Å². The van der Waals surface area contributed by atoms with Crippen molar-refractivity contribution < 1.29 is 9.18 Å². The van der Waals surface area contributed by atoms with Crippen LogP contribution in [0.25, 0.3) is 22.2 Å². The number of halogens is 1. The summed E-state index contributed by atoms with van der Waals surface area (Å²) >= 11 is 0. The summed E-state index contributed by atoms with van der Waals surface area (Å²) < 4.78 is 15.1. The Morgan fingerprint density at radius 2 is 1.90 bits per heavy atom. The molecule has 0 atom stereocenters. The zero-order valence-corrected chi connectivity index (χ0v) is 11.9. The number of pyridine rings is 1. The van der Waals surface area contributed by atoms with Crippen LogP contribution < -0.4 is 0 Å². The van der Waals surface area contributed by atoms with Crippen LogP contribution in [0, 0.1) is 5.82 Å². The fourth-order valence-electron chi connectivity index (χ4n) is 2.71. The van der Waals surface area contributed by atoms with E-state index in [-0.39, 0.29) is 11.9 Å². The normalized spacial score (nSPS) is 11.2.